The number of ether oxygens (including phenoxy) is 3. The molecule has 2 saturated heterocycles. The van der Waals surface area contributed by atoms with Crippen LogP contribution in [0, 0.1) is 0 Å². The first kappa shape index (κ1) is 18.5. The molecule has 0 radical (unpaired) electrons. The molecule has 2 atom stereocenters. The zero-order chi connectivity index (χ0) is 14.5. The highest BCUT2D eigenvalue weighted by Crippen LogP contribution is 2.25. The van der Waals surface area contributed by atoms with Crippen molar-refractivity contribution < 1.29 is 24.4 Å². The lowest BCUT2D eigenvalue weighted by atomic mass is 10.1. The zero-order valence-corrected chi connectivity index (χ0v) is 12.1. The van der Waals surface area contributed by atoms with Gasteiger partial charge in [0.25, 0.3) is 0 Å². The number of hydrogen-bond donors (Lipinski definition) is 2. The Hall–Kier alpha value is -0.460. The van der Waals surface area contributed by atoms with Crippen LogP contribution in [0.5, 0.6) is 0 Å². The minimum Gasteiger partial charge on any atom is -0.394 e. The van der Waals surface area contributed by atoms with Crippen molar-refractivity contribution in [1.29, 1.82) is 0 Å². The maximum absolute atomic E-state index is 7.62. The van der Waals surface area contributed by atoms with E-state index >= 15 is 0 Å². The van der Waals surface area contributed by atoms with Crippen LogP contribution in [0.25, 0.3) is 0 Å². The van der Waals surface area contributed by atoms with Gasteiger partial charge in [-0.15, -0.1) is 0 Å². The Bertz CT molecular complexity index is 192. The Labute approximate surface area is 116 Å². The van der Waals surface area contributed by atoms with Crippen molar-refractivity contribution in [3.05, 3.63) is 12.2 Å². The van der Waals surface area contributed by atoms with Crippen molar-refractivity contribution in [2.45, 2.75) is 38.9 Å². The van der Waals surface area contributed by atoms with Gasteiger partial charge in [-0.2, -0.15) is 0 Å². The van der Waals surface area contributed by atoms with Crippen LogP contribution < -0.4 is 0 Å². The van der Waals surface area contributed by atoms with Crippen molar-refractivity contribution in [3.63, 3.8) is 0 Å². The molecule has 0 bridgehead atoms. The molecule has 0 aliphatic carbocycles. The summed E-state index contributed by atoms with van der Waals surface area (Å²) in [4.78, 5) is 0. The Balaban J connectivity index is 0.000000307. The summed E-state index contributed by atoms with van der Waals surface area (Å²) in [5.74, 6) is 0. The van der Waals surface area contributed by atoms with Crippen molar-refractivity contribution in [2.75, 3.05) is 39.6 Å². The average Bonchev–Trinajstić information content (AvgIpc) is 3.28. The molecule has 2 aliphatic rings. The number of aliphatic hydroxyl groups excluding tert-OH is 2. The van der Waals surface area contributed by atoms with E-state index in [1.165, 1.54) is 5.57 Å². The Morgan fingerprint density at radius 2 is 1.42 bits per heavy atom. The van der Waals surface area contributed by atoms with Crippen molar-refractivity contribution in [3.8, 4) is 0 Å². The standard InChI is InChI=1S/C8H12O2.C4H10O.C2H6O2/c1-6(2-7-4-9-7)3-8-5-10-8;1-3-5-4-2;3-1-2-4/h7-8H,1-5H2;3-4H2,1-2H3;3-4H,1-2H2. The highest BCUT2D eigenvalue weighted by molar-refractivity contribution is 5.02. The van der Waals surface area contributed by atoms with E-state index in [4.69, 9.17) is 24.4 Å². The van der Waals surface area contributed by atoms with Gasteiger partial charge in [0.2, 0.25) is 0 Å². The maximum Gasteiger partial charge on any atom is 0.0846 e. The van der Waals surface area contributed by atoms with Crippen molar-refractivity contribution in [1.82, 2.24) is 0 Å². The first-order valence-corrected chi connectivity index (χ1v) is 6.87. The third kappa shape index (κ3) is 15.5. The predicted octanol–water partition coefficient (Wildman–Crippen LogP) is 1.13. The molecule has 114 valence electrons. The van der Waals surface area contributed by atoms with E-state index in [2.05, 4.69) is 6.58 Å². The topological polar surface area (TPSA) is 74.8 Å². The molecule has 0 aromatic rings. The Morgan fingerprint density at radius 3 is 1.58 bits per heavy atom. The predicted molar refractivity (Wildman–Crippen MR) is 74.2 cm³/mol. The van der Waals surface area contributed by atoms with Gasteiger partial charge in [-0.3, -0.25) is 0 Å². The van der Waals surface area contributed by atoms with E-state index in [1.54, 1.807) is 0 Å². The summed E-state index contributed by atoms with van der Waals surface area (Å²) < 4.78 is 15.0. The fraction of sp³-hybridized carbons (Fsp3) is 0.857. The highest BCUT2D eigenvalue weighted by Gasteiger charge is 2.27. The molecule has 2 unspecified atom stereocenters. The summed E-state index contributed by atoms with van der Waals surface area (Å²) >= 11 is 0. The first-order chi connectivity index (χ1) is 9.17. The third-order valence-electron chi connectivity index (χ3n) is 2.35. The molecule has 0 spiro atoms. The molecule has 2 heterocycles. The second-order valence-corrected chi connectivity index (χ2v) is 4.30. The van der Waals surface area contributed by atoms with E-state index in [0.29, 0.717) is 12.2 Å². The summed E-state index contributed by atoms with van der Waals surface area (Å²) in [7, 11) is 0. The molecule has 2 fully saturated rings. The normalized spacial score (nSPS) is 22.5. The van der Waals surface area contributed by atoms with Crippen LogP contribution in [0.15, 0.2) is 12.2 Å². The van der Waals surface area contributed by atoms with Gasteiger partial charge in [0.15, 0.2) is 0 Å². The van der Waals surface area contributed by atoms with E-state index in [-0.39, 0.29) is 13.2 Å². The van der Waals surface area contributed by atoms with E-state index in [1.807, 2.05) is 13.8 Å². The molecule has 5 heteroatoms. The maximum atomic E-state index is 7.62. The van der Waals surface area contributed by atoms with Gasteiger partial charge >= 0.3 is 0 Å². The van der Waals surface area contributed by atoms with Crippen LogP contribution in [-0.2, 0) is 14.2 Å². The summed E-state index contributed by atoms with van der Waals surface area (Å²) in [6.07, 6.45) is 3.07. The first-order valence-electron chi connectivity index (χ1n) is 6.87. The van der Waals surface area contributed by atoms with Crippen LogP contribution in [0.2, 0.25) is 0 Å². The summed E-state index contributed by atoms with van der Waals surface area (Å²) in [6.45, 7) is 11.2. The van der Waals surface area contributed by atoms with Gasteiger partial charge in [-0.1, -0.05) is 12.2 Å². The SMILES string of the molecule is C=C(CC1CO1)CC1CO1.CCOCC.OCCO. The molecule has 2 N–H and O–H groups in total. The van der Waals surface area contributed by atoms with Crippen LogP contribution in [0.3, 0.4) is 0 Å². The molecule has 0 aromatic heterocycles. The molecule has 2 rings (SSSR count). The minimum atomic E-state index is -0.125. The second kappa shape index (κ2) is 12.6. The number of rotatable bonds is 7. The second-order valence-electron chi connectivity index (χ2n) is 4.30. The van der Waals surface area contributed by atoms with Crippen LogP contribution in [0.4, 0.5) is 0 Å². The quantitative estimate of drug-likeness (QED) is 0.538. The fourth-order valence-electron chi connectivity index (χ4n) is 1.30. The largest absolute Gasteiger partial charge is 0.394 e. The molecule has 19 heavy (non-hydrogen) atoms. The van der Waals surface area contributed by atoms with Gasteiger partial charge < -0.3 is 24.4 Å². The average molecular weight is 276 g/mol. The monoisotopic (exact) mass is 276 g/mol. The molecule has 5 nitrogen and oxygen atoms in total. The summed E-state index contributed by atoms with van der Waals surface area (Å²) in [5.41, 5.74) is 1.28. The molecule has 0 aromatic carbocycles. The van der Waals surface area contributed by atoms with Gasteiger partial charge in [-0.05, 0) is 26.7 Å². The summed E-state index contributed by atoms with van der Waals surface area (Å²) in [5, 5.41) is 15.2. The Kier molecular flexibility index (Phi) is 12.3. The van der Waals surface area contributed by atoms with E-state index < -0.39 is 0 Å². The van der Waals surface area contributed by atoms with Crippen LogP contribution >= 0.6 is 0 Å². The lowest BCUT2D eigenvalue weighted by Crippen LogP contribution is -1.93. The molecular weight excluding hydrogens is 248 g/mol. The molecular formula is C14H28O5. The number of epoxide rings is 2. The zero-order valence-electron chi connectivity index (χ0n) is 12.1. The molecule has 2 aliphatic heterocycles. The van der Waals surface area contributed by atoms with Gasteiger partial charge in [-0.25, -0.2) is 0 Å². The number of hydrogen-bond acceptors (Lipinski definition) is 5. The van der Waals surface area contributed by atoms with Crippen LogP contribution in [-0.4, -0.2) is 62.1 Å². The van der Waals surface area contributed by atoms with Crippen molar-refractivity contribution in [2.24, 2.45) is 0 Å². The lowest BCUT2D eigenvalue weighted by molar-refractivity contribution is 0.162. The lowest BCUT2D eigenvalue weighted by Gasteiger charge is -1.97. The highest BCUT2D eigenvalue weighted by atomic mass is 16.6. The van der Waals surface area contributed by atoms with E-state index in [0.717, 1.165) is 39.3 Å². The molecule has 0 saturated carbocycles. The van der Waals surface area contributed by atoms with Gasteiger partial charge in [0.05, 0.1) is 38.6 Å². The van der Waals surface area contributed by atoms with E-state index in [9.17, 15) is 0 Å². The van der Waals surface area contributed by atoms with Gasteiger partial charge in [0.1, 0.15) is 0 Å². The molecule has 0 amide bonds. The minimum absolute atomic E-state index is 0.125. The Morgan fingerprint density at radius 1 is 1.05 bits per heavy atom. The smallest absolute Gasteiger partial charge is 0.0846 e. The fourth-order valence-corrected chi connectivity index (χ4v) is 1.30. The van der Waals surface area contributed by atoms with Crippen LogP contribution in [0.1, 0.15) is 26.7 Å². The third-order valence-corrected chi connectivity index (χ3v) is 2.35. The number of aliphatic hydroxyl groups is 2. The van der Waals surface area contributed by atoms with Crippen molar-refractivity contribution >= 4 is 0 Å². The summed E-state index contributed by atoms with van der Waals surface area (Å²) in [6, 6.07) is 0. The van der Waals surface area contributed by atoms with Gasteiger partial charge in [0, 0.05) is 13.2 Å².